The number of carbonyl (C=O) groups is 1. The molecule has 1 aliphatic heterocycles. The van der Waals surface area contributed by atoms with Crippen molar-refractivity contribution < 1.29 is 24.9 Å². The lowest BCUT2D eigenvalue weighted by Gasteiger charge is -2.30. The van der Waals surface area contributed by atoms with E-state index in [1.165, 1.54) is 0 Å². The number of rotatable bonds is 9. The molecule has 0 saturated carbocycles. The van der Waals surface area contributed by atoms with E-state index in [1.54, 1.807) is 0 Å². The number of hydrogen-bond acceptors (Lipinski definition) is 5. The first-order valence-electron chi connectivity index (χ1n) is 12.0. The second kappa shape index (κ2) is 10.3. The molecule has 2 aromatic carbocycles. The van der Waals surface area contributed by atoms with Crippen molar-refractivity contribution in [3.63, 3.8) is 0 Å². The van der Waals surface area contributed by atoms with Gasteiger partial charge in [-0.25, -0.2) is 0 Å². The Balaban J connectivity index is 2.28. The summed E-state index contributed by atoms with van der Waals surface area (Å²) in [5.74, 6) is 0.129. The predicted molar refractivity (Wildman–Crippen MR) is 126 cm³/mol. The minimum absolute atomic E-state index is 0.0667. The Labute approximate surface area is 191 Å². The van der Waals surface area contributed by atoms with Gasteiger partial charge in [0, 0.05) is 28.2 Å². The van der Waals surface area contributed by atoms with E-state index in [4.69, 9.17) is 4.74 Å². The molecule has 0 fully saturated rings. The number of benzene rings is 2. The highest BCUT2D eigenvalue weighted by atomic mass is 16.5. The fourth-order valence-electron chi connectivity index (χ4n) is 4.84. The highest BCUT2D eigenvalue weighted by molar-refractivity contribution is 5.80. The molecule has 2 aromatic rings. The first kappa shape index (κ1) is 24.0. The molecule has 1 unspecified atom stereocenters. The molecule has 3 N–H and O–H groups in total. The average Bonchev–Trinajstić information content (AvgIpc) is 2.76. The van der Waals surface area contributed by atoms with E-state index in [-0.39, 0.29) is 35.6 Å². The van der Waals surface area contributed by atoms with Gasteiger partial charge in [-0.15, -0.1) is 0 Å². The molecule has 0 radical (unpaired) electrons. The van der Waals surface area contributed by atoms with Crippen molar-refractivity contribution in [3.8, 4) is 23.0 Å². The normalized spacial score (nSPS) is 15.5. The third-order valence-electron chi connectivity index (χ3n) is 6.31. The lowest BCUT2D eigenvalue weighted by atomic mass is 9.80. The molecular formula is C27H36O5. The van der Waals surface area contributed by atoms with Gasteiger partial charge in [0.1, 0.15) is 23.0 Å². The Morgan fingerprint density at radius 3 is 1.81 bits per heavy atom. The Kier molecular flexibility index (Phi) is 7.70. The summed E-state index contributed by atoms with van der Waals surface area (Å²) in [4.78, 5) is 12.7. The standard InChI is InChI=1S/C27H36O5/c1-5-9-16-13-21(26(31)18(11-7-3)24(16)29)20-15-23(28)32-27-19(12-8-4)25(30)17(10-6-2)14-22(20)27/h13-14,20,29-31H,5-12,15H2,1-4H3. The predicted octanol–water partition coefficient (Wildman–Crippen LogP) is 6.05. The van der Waals surface area contributed by atoms with Crippen LogP contribution in [-0.2, 0) is 30.5 Å². The van der Waals surface area contributed by atoms with E-state index >= 15 is 0 Å². The Morgan fingerprint density at radius 1 is 0.750 bits per heavy atom. The molecule has 174 valence electrons. The van der Waals surface area contributed by atoms with Crippen LogP contribution in [0.1, 0.15) is 99.1 Å². The van der Waals surface area contributed by atoms with E-state index in [0.29, 0.717) is 41.7 Å². The third kappa shape index (κ3) is 4.43. The van der Waals surface area contributed by atoms with Gasteiger partial charge in [0.15, 0.2) is 0 Å². The molecule has 5 nitrogen and oxygen atoms in total. The molecule has 1 atom stereocenters. The smallest absolute Gasteiger partial charge is 0.312 e. The number of phenols is 3. The summed E-state index contributed by atoms with van der Waals surface area (Å²) in [6, 6.07) is 3.79. The molecule has 0 spiro atoms. The van der Waals surface area contributed by atoms with Crippen molar-refractivity contribution in [2.75, 3.05) is 0 Å². The van der Waals surface area contributed by atoms with Gasteiger partial charge in [-0.3, -0.25) is 4.79 Å². The van der Waals surface area contributed by atoms with Crippen LogP contribution < -0.4 is 4.74 Å². The number of esters is 1. The number of ether oxygens (including phenoxy) is 1. The maximum atomic E-state index is 12.7. The second-order valence-corrected chi connectivity index (χ2v) is 8.81. The van der Waals surface area contributed by atoms with E-state index < -0.39 is 0 Å². The molecule has 0 saturated heterocycles. The molecular weight excluding hydrogens is 404 g/mol. The van der Waals surface area contributed by atoms with Crippen LogP contribution in [0.4, 0.5) is 0 Å². The van der Waals surface area contributed by atoms with E-state index in [9.17, 15) is 20.1 Å². The van der Waals surface area contributed by atoms with Crippen molar-refractivity contribution in [1.82, 2.24) is 0 Å². The average molecular weight is 441 g/mol. The van der Waals surface area contributed by atoms with Gasteiger partial charge in [-0.2, -0.15) is 0 Å². The zero-order valence-corrected chi connectivity index (χ0v) is 19.8. The fourth-order valence-corrected chi connectivity index (χ4v) is 4.84. The number of phenolic OH excluding ortho intramolecular Hbond substituents is 3. The minimum Gasteiger partial charge on any atom is -0.507 e. The maximum Gasteiger partial charge on any atom is 0.312 e. The first-order chi connectivity index (χ1) is 15.4. The Bertz CT molecular complexity index is 993. The summed E-state index contributed by atoms with van der Waals surface area (Å²) >= 11 is 0. The zero-order valence-electron chi connectivity index (χ0n) is 19.8. The van der Waals surface area contributed by atoms with Crippen LogP contribution in [0.5, 0.6) is 23.0 Å². The molecule has 1 aliphatic rings. The van der Waals surface area contributed by atoms with E-state index in [0.717, 1.165) is 48.8 Å². The van der Waals surface area contributed by atoms with Crippen molar-refractivity contribution in [3.05, 3.63) is 45.5 Å². The number of aromatic hydroxyl groups is 3. The van der Waals surface area contributed by atoms with Gasteiger partial charge in [0.05, 0.1) is 6.42 Å². The van der Waals surface area contributed by atoms with Crippen LogP contribution in [0.25, 0.3) is 0 Å². The SMILES string of the molecule is CCCc1cc(C2CC(=O)Oc3c2cc(CCC)c(O)c3CCC)c(O)c(CCC)c1O. The fraction of sp³-hybridized carbons (Fsp3) is 0.519. The zero-order chi connectivity index (χ0) is 23.4. The molecule has 0 aliphatic carbocycles. The maximum absolute atomic E-state index is 12.7. The van der Waals surface area contributed by atoms with Gasteiger partial charge in [-0.1, -0.05) is 53.4 Å². The van der Waals surface area contributed by atoms with Gasteiger partial charge in [0.2, 0.25) is 0 Å². The quantitative estimate of drug-likeness (QED) is 0.326. The van der Waals surface area contributed by atoms with Crippen LogP contribution in [-0.4, -0.2) is 21.3 Å². The monoisotopic (exact) mass is 440 g/mol. The summed E-state index contributed by atoms with van der Waals surface area (Å²) in [6.07, 6.45) is 6.04. The molecule has 1 heterocycles. The highest BCUT2D eigenvalue weighted by Crippen LogP contribution is 2.49. The Hall–Kier alpha value is -2.69. The topological polar surface area (TPSA) is 87.0 Å². The van der Waals surface area contributed by atoms with Gasteiger partial charge < -0.3 is 20.1 Å². The lowest BCUT2D eigenvalue weighted by Crippen LogP contribution is -2.23. The van der Waals surface area contributed by atoms with Crippen LogP contribution >= 0.6 is 0 Å². The minimum atomic E-state index is -0.384. The summed E-state index contributed by atoms with van der Waals surface area (Å²) in [6.45, 7) is 8.15. The van der Waals surface area contributed by atoms with Crippen molar-refractivity contribution >= 4 is 5.97 Å². The van der Waals surface area contributed by atoms with Gasteiger partial charge in [0.25, 0.3) is 0 Å². The number of fused-ring (bicyclic) bond motifs is 1. The number of carbonyl (C=O) groups excluding carboxylic acids is 1. The molecule has 32 heavy (non-hydrogen) atoms. The van der Waals surface area contributed by atoms with Crippen LogP contribution in [0.15, 0.2) is 12.1 Å². The van der Waals surface area contributed by atoms with E-state index in [2.05, 4.69) is 13.8 Å². The molecule has 0 amide bonds. The second-order valence-electron chi connectivity index (χ2n) is 8.81. The highest BCUT2D eigenvalue weighted by Gasteiger charge is 2.35. The van der Waals surface area contributed by atoms with Gasteiger partial charge >= 0.3 is 5.97 Å². The molecule has 5 heteroatoms. The van der Waals surface area contributed by atoms with Crippen LogP contribution in [0, 0.1) is 0 Å². The summed E-state index contributed by atoms with van der Waals surface area (Å²) in [5.41, 5.74) is 4.36. The van der Waals surface area contributed by atoms with Crippen LogP contribution in [0.2, 0.25) is 0 Å². The van der Waals surface area contributed by atoms with E-state index in [1.807, 2.05) is 26.0 Å². The number of hydrogen-bond donors (Lipinski definition) is 3. The van der Waals surface area contributed by atoms with Gasteiger partial charge in [-0.05, 0) is 48.9 Å². The Morgan fingerprint density at radius 2 is 1.25 bits per heavy atom. The third-order valence-corrected chi connectivity index (χ3v) is 6.31. The van der Waals surface area contributed by atoms with Crippen molar-refractivity contribution in [2.45, 2.75) is 91.4 Å². The summed E-state index contributed by atoms with van der Waals surface area (Å²) in [5, 5.41) is 32.9. The summed E-state index contributed by atoms with van der Waals surface area (Å²) < 4.78 is 5.67. The van der Waals surface area contributed by atoms with Crippen molar-refractivity contribution in [2.24, 2.45) is 0 Å². The first-order valence-corrected chi connectivity index (χ1v) is 12.0. The number of aryl methyl sites for hydroxylation is 2. The molecule has 3 rings (SSSR count). The largest absolute Gasteiger partial charge is 0.507 e. The van der Waals surface area contributed by atoms with Crippen molar-refractivity contribution in [1.29, 1.82) is 0 Å². The van der Waals surface area contributed by atoms with Crippen LogP contribution in [0.3, 0.4) is 0 Å². The molecule has 0 aromatic heterocycles. The lowest BCUT2D eigenvalue weighted by molar-refractivity contribution is -0.135. The summed E-state index contributed by atoms with van der Waals surface area (Å²) in [7, 11) is 0. The molecule has 0 bridgehead atoms.